The van der Waals surface area contributed by atoms with Crippen LogP contribution in [0.25, 0.3) is 0 Å². The van der Waals surface area contributed by atoms with Crippen molar-refractivity contribution < 1.29 is 14.3 Å². The number of methoxy groups -OCH3 is 1. The van der Waals surface area contributed by atoms with Crippen LogP contribution in [0.5, 0.6) is 0 Å². The average molecular weight is 297 g/mol. The molecule has 1 aliphatic rings. The number of carbonyl (C=O) groups is 2. The highest BCUT2D eigenvalue weighted by Crippen LogP contribution is 2.22. The van der Waals surface area contributed by atoms with Crippen LogP contribution < -0.4 is 10.6 Å². The molecule has 1 fully saturated rings. The maximum atomic E-state index is 11.8. The monoisotopic (exact) mass is 296 g/mol. The summed E-state index contributed by atoms with van der Waals surface area (Å²) < 4.78 is 4.67. The number of hydrogen-bond donors (Lipinski definition) is 2. The molecular formula is C14H17ClN2O3. The van der Waals surface area contributed by atoms with Crippen molar-refractivity contribution in [3.8, 4) is 0 Å². The Morgan fingerprint density at radius 3 is 2.80 bits per heavy atom. The summed E-state index contributed by atoms with van der Waals surface area (Å²) in [5.74, 6) is -0.676. The summed E-state index contributed by atoms with van der Waals surface area (Å²) in [6.45, 7) is 0.637. The van der Waals surface area contributed by atoms with Gasteiger partial charge in [-0.2, -0.15) is 0 Å². The maximum Gasteiger partial charge on any atom is 0.340 e. The Bertz CT molecular complexity index is 515. The second kappa shape index (κ2) is 6.72. The van der Waals surface area contributed by atoms with Crippen molar-refractivity contribution in [3.05, 3.63) is 28.8 Å². The van der Waals surface area contributed by atoms with Crippen LogP contribution in [-0.4, -0.2) is 31.6 Å². The number of benzene rings is 1. The van der Waals surface area contributed by atoms with Crippen LogP contribution in [0.1, 0.15) is 29.6 Å². The molecule has 1 aromatic rings. The molecule has 1 saturated carbocycles. The number of rotatable bonds is 6. The Hall–Kier alpha value is -1.59. The van der Waals surface area contributed by atoms with Crippen molar-refractivity contribution in [2.75, 3.05) is 19.0 Å². The third-order valence-electron chi connectivity index (χ3n) is 3.02. The molecule has 0 spiro atoms. The van der Waals surface area contributed by atoms with Gasteiger partial charge in [-0.1, -0.05) is 11.6 Å². The third-order valence-corrected chi connectivity index (χ3v) is 3.26. The minimum atomic E-state index is -0.529. The summed E-state index contributed by atoms with van der Waals surface area (Å²) in [5.41, 5.74) is 0.668. The largest absolute Gasteiger partial charge is 0.465 e. The fraction of sp³-hybridized carbons (Fsp3) is 0.429. The van der Waals surface area contributed by atoms with Crippen molar-refractivity contribution in [2.45, 2.75) is 25.3 Å². The molecule has 5 nitrogen and oxygen atoms in total. The van der Waals surface area contributed by atoms with Crippen molar-refractivity contribution in [2.24, 2.45) is 0 Å². The van der Waals surface area contributed by atoms with Crippen LogP contribution in [-0.2, 0) is 9.53 Å². The molecular weight excluding hydrogens is 280 g/mol. The van der Waals surface area contributed by atoms with E-state index in [9.17, 15) is 9.59 Å². The van der Waals surface area contributed by atoms with Gasteiger partial charge in [-0.3, -0.25) is 4.79 Å². The first-order chi connectivity index (χ1) is 9.60. The number of hydrogen-bond acceptors (Lipinski definition) is 4. The van der Waals surface area contributed by atoms with Gasteiger partial charge in [0.25, 0.3) is 0 Å². The molecule has 1 aromatic carbocycles. The molecule has 0 unspecified atom stereocenters. The van der Waals surface area contributed by atoms with E-state index in [1.165, 1.54) is 26.0 Å². The Morgan fingerprint density at radius 1 is 1.40 bits per heavy atom. The normalized spacial score (nSPS) is 13.9. The average Bonchev–Trinajstić information content (AvgIpc) is 3.24. The lowest BCUT2D eigenvalue weighted by molar-refractivity contribution is -0.116. The smallest absolute Gasteiger partial charge is 0.340 e. The molecule has 0 heterocycles. The van der Waals surface area contributed by atoms with Crippen molar-refractivity contribution in [1.82, 2.24) is 5.32 Å². The zero-order chi connectivity index (χ0) is 14.5. The highest BCUT2D eigenvalue weighted by atomic mass is 35.5. The summed E-state index contributed by atoms with van der Waals surface area (Å²) in [4.78, 5) is 23.5. The molecule has 6 heteroatoms. The van der Waals surface area contributed by atoms with E-state index in [1.54, 1.807) is 12.1 Å². The molecule has 1 amide bonds. The van der Waals surface area contributed by atoms with Crippen LogP contribution in [0.15, 0.2) is 18.2 Å². The summed E-state index contributed by atoms with van der Waals surface area (Å²) in [6, 6.07) is 5.27. The molecule has 108 valence electrons. The highest BCUT2D eigenvalue weighted by molar-refractivity contribution is 6.31. The first-order valence-electron chi connectivity index (χ1n) is 6.51. The first-order valence-corrected chi connectivity index (χ1v) is 6.89. The number of anilines is 1. The highest BCUT2D eigenvalue weighted by Gasteiger charge is 2.20. The van der Waals surface area contributed by atoms with Gasteiger partial charge in [0, 0.05) is 24.0 Å². The van der Waals surface area contributed by atoms with E-state index in [0.29, 0.717) is 29.7 Å². The minimum Gasteiger partial charge on any atom is -0.465 e. The molecule has 0 saturated heterocycles. The Balaban J connectivity index is 1.96. The lowest BCUT2D eigenvalue weighted by atomic mass is 10.1. The fourth-order valence-electron chi connectivity index (χ4n) is 1.79. The van der Waals surface area contributed by atoms with Gasteiger partial charge in [0.1, 0.15) is 0 Å². The summed E-state index contributed by atoms with van der Waals surface area (Å²) >= 11 is 5.85. The molecule has 0 aromatic heterocycles. The third kappa shape index (κ3) is 4.21. The summed E-state index contributed by atoms with van der Waals surface area (Å²) in [6.07, 6.45) is 2.73. The quantitative estimate of drug-likeness (QED) is 0.790. The second-order valence-corrected chi connectivity index (χ2v) is 5.14. The van der Waals surface area contributed by atoms with Crippen molar-refractivity contribution in [1.29, 1.82) is 0 Å². The van der Waals surface area contributed by atoms with E-state index in [1.807, 2.05) is 0 Å². The zero-order valence-electron chi connectivity index (χ0n) is 11.2. The number of nitrogens with one attached hydrogen (secondary N) is 2. The number of esters is 1. The Kier molecular flexibility index (Phi) is 4.98. The van der Waals surface area contributed by atoms with E-state index < -0.39 is 5.97 Å². The van der Waals surface area contributed by atoms with E-state index in [-0.39, 0.29) is 11.5 Å². The summed E-state index contributed by atoms with van der Waals surface area (Å²) in [5, 5.41) is 6.38. The topological polar surface area (TPSA) is 67.4 Å². The first kappa shape index (κ1) is 14.8. The van der Waals surface area contributed by atoms with Crippen molar-refractivity contribution >= 4 is 29.2 Å². The SMILES string of the molecule is COC(=O)c1cc(Cl)ccc1NC(=O)CCNC1CC1. The van der Waals surface area contributed by atoms with E-state index >= 15 is 0 Å². The number of carbonyl (C=O) groups excluding carboxylic acids is 2. The van der Waals surface area contributed by atoms with Gasteiger partial charge in [0.05, 0.1) is 18.4 Å². The Labute approximate surface area is 122 Å². The van der Waals surface area contributed by atoms with Crippen LogP contribution in [0.2, 0.25) is 5.02 Å². The fourth-order valence-corrected chi connectivity index (χ4v) is 1.97. The zero-order valence-corrected chi connectivity index (χ0v) is 12.0. The van der Waals surface area contributed by atoms with Gasteiger partial charge in [-0.05, 0) is 31.0 Å². The summed E-state index contributed by atoms with van der Waals surface area (Å²) in [7, 11) is 1.29. The molecule has 20 heavy (non-hydrogen) atoms. The van der Waals surface area contributed by atoms with Gasteiger partial charge < -0.3 is 15.4 Å². The maximum absolute atomic E-state index is 11.8. The van der Waals surface area contributed by atoms with Gasteiger partial charge in [0.2, 0.25) is 5.91 Å². The molecule has 2 rings (SSSR count). The Morgan fingerprint density at radius 2 is 2.15 bits per heavy atom. The van der Waals surface area contributed by atoms with Gasteiger partial charge in [0.15, 0.2) is 0 Å². The number of amides is 1. The van der Waals surface area contributed by atoms with Gasteiger partial charge >= 0.3 is 5.97 Å². The van der Waals surface area contributed by atoms with E-state index in [0.717, 1.165) is 0 Å². The lowest BCUT2D eigenvalue weighted by Gasteiger charge is -2.10. The molecule has 2 N–H and O–H groups in total. The van der Waals surface area contributed by atoms with Gasteiger partial charge in [-0.15, -0.1) is 0 Å². The van der Waals surface area contributed by atoms with Crippen molar-refractivity contribution in [3.63, 3.8) is 0 Å². The van der Waals surface area contributed by atoms with Crippen LogP contribution in [0, 0.1) is 0 Å². The molecule has 0 bridgehead atoms. The lowest BCUT2D eigenvalue weighted by Crippen LogP contribution is -2.23. The van der Waals surface area contributed by atoms with E-state index in [4.69, 9.17) is 11.6 Å². The number of halogens is 1. The van der Waals surface area contributed by atoms with Crippen LogP contribution in [0.4, 0.5) is 5.69 Å². The second-order valence-electron chi connectivity index (χ2n) is 4.71. The molecule has 0 atom stereocenters. The number of ether oxygens (including phenoxy) is 1. The molecule has 1 aliphatic carbocycles. The minimum absolute atomic E-state index is 0.148. The van der Waals surface area contributed by atoms with Crippen LogP contribution >= 0.6 is 11.6 Å². The standard InChI is InChI=1S/C14H17ClN2O3/c1-20-14(19)11-8-9(15)2-5-12(11)17-13(18)6-7-16-10-3-4-10/h2,5,8,10,16H,3-4,6-7H2,1H3,(H,17,18). The van der Waals surface area contributed by atoms with Crippen LogP contribution in [0.3, 0.4) is 0 Å². The van der Waals surface area contributed by atoms with E-state index in [2.05, 4.69) is 15.4 Å². The molecule has 0 aliphatic heterocycles. The van der Waals surface area contributed by atoms with Gasteiger partial charge in [-0.25, -0.2) is 4.79 Å². The predicted molar refractivity (Wildman–Crippen MR) is 77.1 cm³/mol. The molecule has 0 radical (unpaired) electrons. The predicted octanol–water partition coefficient (Wildman–Crippen LogP) is 2.21.